The van der Waals surface area contributed by atoms with Crippen LogP contribution in [-0.2, 0) is 13.0 Å². The van der Waals surface area contributed by atoms with Crippen LogP contribution >= 0.6 is 11.6 Å². The Balaban J connectivity index is 1.60. The number of guanidine groups is 1. The molecule has 2 heterocycles. The first-order chi connectivity index (χ1) is 12.2. The van der Waals surface area contributed by atoms with E-state index in [1.54, 1.807) is 18.5 Å². The van der Waals surface area contributed by atoms with Crippen molar-refractivity contribution in [2.24, 2.45) is 4.99 Å². The number of benzene rings is 1. The van der Waals surface area contributed by atoms with Gasteiger partial charge in [0, 0.05) is 24.0 Å². The Morgan fingerprint density at radius 3 is 3.00 bits per heavy atom. The van der Waals surface area contributed by atoms with Gasteiger partial charge in [-0.1, -0.05) is 23.7 Å². The summed E-state index contributed by atoms with van der Waals surface area (Å²) in [5.41, 5.74) is 0.800. The van der Waals surface area contributed by atoms with Crippen LogP contribution in [-0.4, -0.2) is 45.0 Å². The highest BCUT2D eigenvalue weighted by molar-refractivity contribution is 6.30. The van der Waals surface area contributed by atoms with Crippen molar-refractivity contribution in [3.05, 3.63) is 47.0 Å². The number of fused-ring (bicyclic) bond motifs is 1. The molecule has 0 aliphatic carbocycles. The van der Waals surface area contributed by atoms with Crippen molar-refractivity contribution in [3.63, 3.8) is 0 Å². The average Bonchev–Trinajstić information content (AvgIpc) is 3.08. The Morgan fingerprint density at radius 1 is 1.44 bits per heavy atom. The maximum atomic E-state index is 10.3. The summed E-state index contributed by atoms with van der Waals surface area (Å²) in [6, 6.07) is 7.40. The number of aliphatic imine (C=N–C) groups is 1. The van der Waals surface area contributed by atoms with Crippen LogP contribution in [0.3, 0.4) is 0 Å². The maximum absolute atomic E-state index is 10.3. The second kappa shape index (κ2) is 8.31. The van der Waals surface area contributed by atoms with Gasteiger partial charge in [-0.25, -0.2) is 9.67 Å². The fourth-order valence-corrected chi connectivity index (χ4v) is 2.96. The van der Waals surface area contributed by atoms with Gasteiger partial charge in [0.05, 0.1) is 19.2 Å². The Kier molecular flexibility index (Phi) is 5.88. The summed E-state index contributed by atoms with van der Waals surface area (Å²) in [4.78, 5) is 8.76. The lowest BCUT2D eigenvalue weighted by molar-refractivity contribution is 0.187. The molecule has 134 valence electrons. The van der Waals surface area contributed by atoms with E-state index in [1.807, 2.05) is 23.7 Å². The lowest BCUT2D eigenvalue weighted by Gasteiger charge is -2.25. The molecule has 0 fully saturated rings. The fourth-order valence-electron chi connectivity index (χ4n) is 2.84. The first kappa shape index (κ1) is 17.7. The van der Waals surface area contributed by atoms with Crippen LogP contribution in [0.25, 0.3) is 0 Å². The van der Waals surface area contributed by atoms with Gasteiger partial charge < -0.3 is 15.7 Å². The molecule has 2 aromatic rings. The molecule has 2 atom stereocenters. The van der Waals surface area contributed by atoms with Crippen LogP contribution < -0.4 is 10.6 Å². The van der Waals surface area contributed by atoms with Gasteiger partial charge in [0.1, 0.15) is 12.2 Å². The molecule has 0 saturated heterocycles. The molecule has 0 radical (unpaired) electrons. The molecule has 3 rings (SSSR count). The van der Waals surface area contributed by atoms with E-state index in [0.717, 1.165) is 37.3 Å². The van der Waals surface area contributed by atoms with Gasteiger partial charge in [0.15, 0.2) is 5.96 Å². The lowest BCUT2D eigenvalue weighted by Crippen LogP contribution is -2.47. The Labute approximate surface area is 152 Å². The minimum atomic E-state index is -0.666. The molecule has 0 spiro atoms. The van der Waals surface area contributed by atoms with Crippen molar-refractivity contribution >= 4 is 17.6 Å². The maximum Gasteiger partial charge on any atom is 0.191 e. The number of aliphatic hydroxyl groups is 1. The highest BCUT2D eigenvalue weighted by Gasteiger charge is 2.20. The predicted octanol–water partition coefficient (Wildman–Crippen LogP) is 1.53. The van der Waals surface area contributed by atoms with Crippen LogP contribution in [0.1, 0.15) is 30.8 Å². The Hall–Kier alpha value is -2.12. The zero-order valence-electron chi connectivity index (χ0n) is 14.2. The van der Waals surface area contributed by atoms with E-state index in [1.165, 1.54) is 0 Å². The first-order valence-corrected chi connectivity index (χ1v) is 8.88. The number of halogens is 1. The van der Waals surface area contributed by atoms with E-state index in [2.05, 4.69) is 25.7 Å². The van der Waals surface area contributed by atoms with Gasteiger partial charge in [-0.3, -0.25) is 4.99 Å². The van der Waals surface area contributed by atoms with Crippen molar-refractivity contribution in [2.75, 3.05) is 13.1 Å². The van der Waals surface area contributed by atoms with Crippen molar-refractivity contribution in [1.82, 2.24) is 25.4 Å². The monoisotopic (exact) mass is 362 g/mol. The van der Waals surface area contributed by atoms with Gasteiger partial charge in [0.25, 0.3) is 0 Å². The third kappa shape index (κ3) is 4.70. The topological polar surface area (TPSA) is 87.4 Å². The molecule has 8 heteroatoms. The van der Waals surface area contributed by atoms with E-state index < -0.39 is 6.10 Å². The largest absolute Gasteiger partial charge is 0.386 e. The minimum absolute atomic E-state index is 0.236. The molecule has 2 unspecified atom stereocenters. The molecule has 0 bridgehead atoms. The van der Waals surface area contributed by atoms with Crippen LogP contribution in [0.2, 0.25) is 5.02 Å². The molecule has 1 aliphatic rings. The number of hydrogen-bond donors (Lipinski definition) is 3. The third-order valence-corrected chi connectivity index (χ3v) is 4.42. The van der Waals surface area contributed by atoms with Crippen LogP contribution in [0.4, 0.5) is 0 Å². The molecule has 1 aliphatic heterocycles. The molecule has 1 aromatic heterocycles. The van der Waals surface area contributed by atoms with Crippen LogP contribution in [0.5, 0.6) is 0 Å². The van der Waals surface area contributed by atoms with E-state index in [0.29, 0.717) is 11.0 Å². The molecule has 7 nitrogen and oxygen atoms in total. The summed E-state index contributed by atoms with van der Waals surface area (Å²) < 4.78 is 1.92. The van der Waals surface area contributed by atoms with Gasteiger partial charge in [-0.15, -0.1) is 0 Å². The summed E-state index contributed by atoms with van der Waals surface area (Å²) in [6.45, 7) is 3.81. The van der Waals surface area contributed by atoms with Gasteiger partial charge in [-0.2, -0.15) is 5.10 Å². The van der Waals surface area contributed by atoms with Crippen molar-refractivity contribution in [3.8, 4) is 0 Å². The highest BCUT2D eigenvalue weighted by Crippen LogP contribution is 2.16. The van der Waals surface area contributed by atoms with E-state index in [-0.39, 0.29) is 12.6 Å². The standard InChI is InChI=1S/C17H23ClN6O/c1-2-19-17(20-9-15(25)12-3-5-13(18)6-4-12)23-14-7-8-16-21-11-22-24(16)10-14/h3-6,11,14-15,25H,2,7-10H2,1H3,(H2,19,20,23). The number of aromatic nitrogens is 3. The van der Waals surface area contributed by atoms with E-state index in [4.69, 9.17) is 11.6 Å². The minimum Gasteiger partial charge on any atom is -0.386 e. The Morgan fingerprint density at radius 2 is 2.24 bits per heavy atom. The number of nitrogens with one attached hydrogen (secondary N) is 2. The highest BCUT2D eigenvalue weighted by atomic mass is 35.5. The zero-order valence-corrected chi connectivity index (χ0v) is 14.9. The molecule has 25 heavy (non-hydrogen) atoms. The molecule has 0 amide bonds. The number of aryl methyl sites for hydroxylation is 1. The van der Waals surface area contributed by atoms with Gasteiger partial charge in [0.2, 0.25) is 0 Å². The number of aliphatic hydroxyl groups excluding tert-OH is 1. The summed E-state index contributed by atoms with van der Waals surface area (Å²) >= 11 is 5.88. The number of rotatable bonds is 5. The normalized spacial score (nSPS) is 18.5. The van der Waals surface area contributed by atoms with Crippen LogP contribution in [0, 0.1) is 0 Å². The van der Waals surface area contributed by atoms with Crippen molar-refractivity contribution in [2.45, 2.75) is 38.5 Å². The molecular weight excluding hydrogens is 340 g/mol. The van der Waals surface area contributed by atoms with E-state index in [9.17, 15) is 5.11 Å². The summed E-state index contributed by atoms with van der Waals surface area (Å²) in [5, 5.41) is 21.8. The summed E-state index contributed by atoms with van der Waals surface area (Å²) in [6.07, 6.45) is 2.80. The summed E-state index contributed by atoms with van der Waals surface area (Å²) in [7, 11) is 0. The fraction of sp³-hybridized carbons (Fsp3) is 0.471. The average molecular weight is 363 g/mol. The number of hydrogen-bond acceptors (Lipinski definition) is 4. The van der Waals surface area contributed by atoms with Gasteiger partial charge >= 0.3 is 0 Å². The van der Waals surface area contributed by atoms with Gasteiger partial charge in [-0.05, 0) is 31.0 Å². The molecular formula is C17H23ClN6O. The third-order valence-electron chi connectivity index (χ3n) is 4.17. The SMILES string of the molecule is CCNC(=NCC(O)c1ccc(Cl)cc1)NC1CCc2ncnn2C1. The predicted molar refractivity (Wildman–Crippen MR) is 97.7 cm³/mol. The quantitative estimate of drug-likeness (QED) is 0.554. The first-order valence-electron chi connectivity index (χ1n) is 8.50. The molecule has 1 aromatic carbocycles. The molecule has 3 N–H and O–H groups in total. The zero-order chi connectivity index (χ0) is 17.6. The van der Waals surface area contributed by atoms with Crippen molar-refractivity contribution < 1.29 is 5.11 Å². The Bertz CT molecular complexity index is 714. The van der Waals surface area contributed by atoms with E-state index >= 15 is 0 Å². The summed E-state index contributed by atoms with van der Waals surface area (Å²) in [5.74, 6) is 1.72. The number of nitrogens with zero attached hydrogens (tertiary/aromatic N) is 4. The second-order valence-corrected chi connectivity index (χ2v) is 6.46. The second-order valence-electron chi connectivity index (χ2n) is 6.03. The molecule has 0 saturated carbocycles. The van der Waals surface area contributed by atoms with Crippen LogP contribution in [0.15, 0.2) is 35.6 Å². The lowest BCUT2D eigenvalue weighted by atomic mass is 10.1. The van der Waals surface area contributed by atoms with Crippen molar-refractivity contribution in [1.29, 1.82) is 0 Å². The smallest absolute Gasteiger partial charge is 0.191 e.